The van der Waals surface area contributed by atoms with Crippen molar-refractivity contribution >= 4 is 5.97 Å². The summed E-state index contributed by atoms with van der Waals surface area (Å²) >= 11 is 0. The van der Waals surface area contributed by atoms with Crippen LogP contribution in [0.2, 0.25) is 0 Å². The molecule has 0 unspecified atom stereocenters. The van der Waals surface area contributed by atoms with Crippen molar-refractivity contribution in [2.24, 2.45) is 5.41 Å². The molecule has 0 N–H and O–H groups in total. The first-order valence-corrected chi connectivity index (χ1v) is 3.06. The highest BCUT2D eigenvalue weighted by atomic mass is 16.7. The lowest BCUT2D eigenvalue weighted by Gasteiger charge is -2.27. The summed E-state index contributed by atoms with van der Waals surface area (Å²) in [7, 11) is 0. The topological polar surface area (TPSA) is 35.5 Å². The molecule has 1 rings (SSSR count). The highest BCUT2D eigenvalue weighted by molar-refractivity contribution is 5.77. The quantitative estimate of drug-likeness (QED) is 0.474. The summed E-state index contributed by atoms with van der Waals surface area (Å²) in [5.41, 5.74) is -0.527. The van der Waals surface area contributed by atoms with E-state index in [9.17, 15) is 4.79 Å². The number of hydrogen-bond donors (Lipinski definition) is 0. The zero-order chi connectivity index (χ0) is 7.78. The summed E-state index contributed by atoms with van der Waals surface area (Å²) < 4.78 is 9.57. The Balaban J connectivity index is 2.70. The number of esters is 1. The average molecular weight is 142 g/mol. The molecule has 0 atom stereocenters. The molecule has 0 bridgehead atoms. The lowest BCUT2D eigenvalue weighted by atomic mass is 9.95. The number of ether oxygens (including phenoxy) is 2. The normalized spacial score (nSPS) is 23.4. The molecular weight excluding hydrogens is 132 g/mol. The second-order valence-corrected chi connectivity index (χ2v) is 2.93. The van der Waals surface area contributed by atoms with E-state index < -0.39 is 5.41 Å². The number of carbonyl (C=O) groups excluding carboxylic acids is 1. The van der Waals surface area contributed by atoms with Gasteiger partial charge in [-0.15, -0.1) is 0 Å². The van der Waals surface area contributed by atoms with Gasteiger partial charge in [-0.05, 0) is 20.4 Å². The molecule has 1 aliphatic heterocycles. The average Bonchev–Trinajstić information content (AvgIpc) is 1.81. The molecule has 0 aromatic carbocycles. The molecule has 3 nitrogen and oxygen atoms in total. The molecule has 3 heteroatoms. The SMILES string of the molecule is C=C1OCC(C)(C)C(=O)O1. The Morgan fingerprint density at radius 1 is 1.60 bits per heavy atom. The zero-order valence-electron chi connectivity index (χ0n) is 6.14. The Kier molecular flexibility index (Phi) is 1.43. The van der Waals surface area contributed by atoms with Crippen molar-refractivity contribution < 1.29 is 14.3 Å². The van der Waals surface area contributed by atoms with E-state index in [1.807, 2.05) is 0 Å². The minimum atomic E-state index is -0.527. The van der Waals surface area contributed by atoms with E-state index in [-0.39, 0.29) is 11.9 Å². The van der Waals surface area contributed by atoms with Crippen LogP contribution in [0, 0.1) is 5.41 Å². The third kappa shape index (κ3) is 1.12. The predicted octanol–water partition coefficient (Wildman–Crippen LogP) is 1.06. The van der Waals surface area contributed by atoms with E-state index in [2.05, 4.69) is 11.3 Å². The summed E-state index contributed by atoms with van der Waals surface area (Å²) in [6.07, 6.45) is 0. The van der Waals surface area contributed by atoms with Crippen LogP contribution in [-0.2, 0) is 14.3 Å². The molecule has 56 valence electrons. The van der Waals surface area contributed by atoms with Crippen molar-refractivity contribution in [2.75, 3.05) is 6.61 Å². The second-order valence-electron chi connectivity index (χ2n) is 2.93. The van der Waals surface area contributed by atoms with Gasteiger partial charge in [-0.25, -0.2) is 0 Å². The van der Waals surface area contributed by atoms with Crippen LogP contribution in [0.3, 0.4) is 0 Å². The summed E-state index contributed by atoms with van der Waals surface area (Å²) in [4.78, 5) is 11.0. The third-order valence-corrected chi connectivity index (χ3v) is 1.35. The maximum absolute atomic E-state index is 11.0. The molecule has 0 aromatic heterocycles. The van der Waals surface area contributed by atoms with Gasteiger partial charge in [0.15, 0.2) is 0 Å². The Bertz CT molecular complexity index is 181. The first kappa shape index (κ1) is 7.12. The maximum Gasteiger partial charge on any atom is 0.322 e. The summed E-state index contributed by atoms with van der Waals surface area (Å²) in [6, 6.07) is 0. The largest absolute Gasteiger partial charge is 0.464 e. The van der Waals surface area contributed by atoms with Gasteiger partial charge in [0.05, 0.1) is 5.41 Å². The fourth-order valence-electron chi connectivity index (χ4n) is 0.591. The fraction of sp³-hybridized carbons (Fsp3) is 0.571. The zero-order valence-corrected chi connectivity index (χ0v) is 6.14. The minimum Gasteiger partial charge on any atom is -0.464 e. The molecule has 0 radical (unpaired) electrons. The lowest BCUT2D eigenvalue weighted by Crippen LogP contribution is -2.36. The summed E-state index contributed by atoms with van der Waals surface area (Å²) in [6.45, 7) is 7.25. The van der Waals surface area contributed by atoms with Crippen molar-refractivity contribution in [2.45, 2.75) is 13.8 Å². The maximum atomic E-state index is 11.0. The minimum absolute atomic E-state index is 0.101. The molecule has 1 aliphatic rings. The molecule has 1 saturated heterocycles. The standard InChI is InChI=1S/C7H10O3/c1-5-9-4-7(2,3)6(8)10-5/h1,4H2,2-3H3. The van der Waals surface area contributed by atoms with E-state index in [1.54, 1.807) is 13.8 Å². The van der Waals surface area contributed by atoms with E-state index in [0.29, 0.717) is 6.61 Å². The van der Waals surface area contributed by atoms with Gasteiger partial charge in [0.1, 0.15) is 6.61 Å². The molecule has 0 spiro atoms. The van der Waals surface area contributed by atoms with Crippen LogP contribution in [-0.4, -0.2) is 12.6 Å². The van der Waals surface area contributed by atoms with Crippen molar-refractivity contribution in [1.29, 1.82) is 0 Å². The van der Waals surface area contributed by atoms with Gasteiger partial charge >= 0.3 is 5.97 Å². The second kappa shape index (κ2) is 2.01. The Morgan fingerprint density at radius 3 is 2.60 bits per heavy atom. The van der Waals surface area contributed by atoms with Crippen molar-refractivity contribution in [3.8, 4) is 0 Å². The van der Waals surface area contributed by atoms with E-state index in [0.717, 1.165) is 0 Å². The van der Waals surface area contributed by atoms with Crippen molar-refractivity contribution in [3.63, 3.8) is 0 Å². The van der Waals surface area contributed by atoms with E-state index >= 15 is 0 Å². The fourth-order valence-corrected chi connectivity index (χ4v) is 0.591. The van der Waals surface area contributed by atoms with E-state index in [4.69, 9.17) is 4.74 Å². The molecule has 0 saturated carbocycles. The van der Waals surface area contributed by atoms with Gasteiger partial charge in [-0.1, -0.05) is 0 Å². The smallest absolute Gasteiger partial charge is 0.322 e. The van der Waals surface area contributed by atoms with Crippen molar-refractivity contribution in [3.05, 3.63) is 12.5 Å². The molecule has 0 amide bonds. The van der Waals surface area contributed by atoms with Gasteiger partial charge in [0, 0.05) is 0 Å². The number of hydrogen-bond acceptors (Lipinski definition) is 3. The highest BCUT2D eigenvalue weighted by Crippen LogP contribution is 2.24. The van der Waals surface area contributed by atoms with Crippen LogP contribution in [0.25, 0.3) is 0 Å². The van der Waals surface area contributed by atoms with Crippen LogP contribution >= 0.6 is 0 Å². The number of rotatable bonds is 0. The Morgan fingerprint density at radius 2 is 2.20 bits per heavy atom. The van der Waals surface area contributed by atoms with Crippen LogP contribution in [0.4, 0.5) is 0 Å². The third-order valence-electron chi connectivity index (χ3n) is 1.35. The molecular formula is C7H10O3. The molecule has 1 fully saturated rings. The van der Waals surface area contributed by atoms with Crippen molar-refractivity contribution in [1.82, 2.24) is 0 Å². The Labute approximate surface area is 59.6 Å². The highest BCUT2D eigenvalue weighted by Gasteiger charge is 2.35. The summed E-state index contributed by atoms with van der Waals surface area (Å²) in [5, 5.41) is 0. The van der Waals surface area contributed by atoms with Gasteiger partial charge in [-0.2, -0.15) is 0 Å². The first-order valence-electron chi connectivity index (χ1n) is 3.06. The lowest BCUT2D eigenvalue weighted by molar-refractivity contribution is -0.170. The van der Waals surface area contributed by atoms with Gasteiger partial charge in [0.25, 0.3) is 5.95 Å². The molecule has 10 heavy (non-hydrogen) atoms. The molecule has 0 aromatic rings. The first-order chi connectivity index (χ1) is 4.52. The Hall–Kier alpha value is -0.990. The van der Waals surface area contributed by atoms with Gasteiger partial charge < -0.3 is 9.47 Å². The molecule has 0 aliphatic carbocycles. The van der Waals surface area contributed by atoms with Crippen LogP contribution in [0.15, 0.2) is 12.5 Å². The summed E-state index contributed by atoms with van der Waals surface area (Å²) in [5.74, 6) is -0.173. The predicted molar refractivity (Wildman–Crippen MR) is 35.0 cm³/mol. The van der Waals surface area contributed by atoms with Gasteiger partial charge in [0.2, 0.25) is 0 Å². The van der Waals surface area contributed by atoms with Crippen LogP contribution < -0.4 is 0 Å². The number of cyclic esters (lactones) is 1. The van der Waals surface area contributed by atoms with Crippen LogP contribution in [0.5, 0.6) is 0 Å². The van der Waals surface area contributed by atoms with Gasteiger partial charge in [-0.3, -0.25) is 4.79 Å². The monoisotopic (exact) mass is 142 g/mol. The molecule has 1 heterocycles. The number of carbonyl (C=O) groups is 1. The van der Waals surface area contributed by atoms with E-state index in [1.165, 1.54) is 0 Å². The van der Waals surface area contributed by atoms with Crippen LogP contribution in [0.1, 0.15) is 13.8 Å².